The van der Waals surface area contributed by atoms with Gasteiger partial charge in [-0.05, 0) is 43.0 Å². The molecule has 4 nitrogen and oxygen atoms in total. The second-order valence-corrected chi connectivity index (χ2v) is 7.01. The van der Waals surface area contributed by atoms with Crippen LogP contribution < -0.4 is 4.74 Å². The number of aryl methyl sites for hydroxylation is 1. The van der Waals surface area contributed by atoms with Crippen LogP contribution in [0.25, 0.3) is 0 Å². The quantitative estimate of drug-likeness (QED) is 0.573. The van der Waals surface area contributed by atoms with Crippen molar-refractivity contribution in [2.45, 2.75) is 26.3 Å². The van der Waals surface area contributed by atoms with Crippen LogP contribution in [-0.4, -0.2) is 15.9 Å². The molecule has 1 rings (SSSR count). The lowest BCUT2D eigenvalue weighted by molar-refractivity contribution is 0.212. The van der Waals surface area contributed by atoms with Crippen molar-refractivity contribution in [3.8, 4) is 43.3 Å². The zero-order valence-electron chi connectivity index (χ0n) is 12.9. The summed E-state index contributed by atoms with van der Waals surface area (Å²) in [6.07, 6.45) is 22.4. The molecule has 0 aliphatic rings. The Morgan fingerprint density at radius 3 is 2.00 bits per heavy atom. The highest BCUT2D eigenvalue weighted by molar-refractivity contribution is 6.61. The van der Waals surface area contributed by atoms with Crippen LogP contribution in [0.1, 0.15) is 16.7 Å². The van der Waals surface area contributed by atoms with Crippen LogP contribution in [0.4, 0.5) is 0 Å². The zero-order valence-corrected chi connectivity index (χ0v) is 13.9. The monoisotopic (exact) mass is 314 g/mol. The molecule has 0 bridgehead atoms. The molecule has 0 spiro atoms. The van der Waals surface area contributed by atoms with Gasteiger partial charge >= 0.3 is 8.80 Å². The van der Waals surface area contributed by atoms with E-state index in [2.05, 4.69) is 18.3 Å². The lowest BCUT2D eigenvalue weighted by atomic mass is 10.00. The van der Waals surface area contributed by atoms with Crippen LogP contribution in [0, 0.1) is 51.4 Å². The molecule has 0 amide bonds. The predicted octanol–water partition coefficient (Wildman–Crippen LogP) is 2.62. The SMILES string of the molecule is C#CO[Si](CCc1c(C)ccc(OC)c1C)(OC#C)OC#C. The average molecular weight is 314 g/mol. The van der Waals surface area contributed by atoms with Gasteiger partial charge in [0.25, 0.3) is 0 Å². The number of terminal acetylenes is 3. The molecule has 0 N–H and O–H groups in total. The molecule has 22 heavy (non-hydrogen) atoms. The number of benzene rings is 1. The van der Waals surface area contributed by atoms with Crippen molar-refractivity contribution in [2.24, 2.45) is 0 Å². The number of rotatable bonds is 7. The van der Waals surface area contributed by atoms with Gasteiger partial charge in [0.1, 0.15) is 5.75 Å². The molecule has 0 aliphatic heterocycles. The molecular weight excluding hydrogens is 296 g/mol. The van der Waals surface area contributed by atoms with Crippen molar-refractivity contribution < 1.29 is 18.0 Å². The second-order valence-electron chi connectivity index (χ2n) is 4.53. The lowest BCUT2D eigenvalue weighted by Gasteiger charge is -2.22. The Morgan fingerprint density at radius 2 is 1.55 bits per heavy atom. The van der Waals surface area contributed by atoms with Crippen molar-refractivity contribution in [3.05, 3.63) is 28.8 Å². The molecule has 0 saturated carbocycles. The van der Waals surface area contributed by atoms with E-state index in [1.807, 2.05) is 26.0 Å². The molecule has 0 aromatic heterocycles. The largest absolute Gasteiger partial charge is 0.725 e. The van der Waals surface area contributed by atoms with E-state index in [-0.39, 0.29) is 0 Å². The number of hydrogen-bond donors (Lipinski definition) is 0. The molecule has 0 atom stereocenters. The molecule has 5 heteroatoms. The molecule has 0 aliphatic carbocycles. The van der Waals surface area contributed by atoms with Crippen LogP contribution in [0.5, 0.6) is 5.75 Å². The van der Waals surface area contributed by atoms with E-state index >= 15 is 0 Å². The highest BCUT2D eigenvalue weighted by Gasteiger charge is 2.48. The summed E-state index contributed by atoms with van der Waals surface area (Å²) in [4.78, 5) is 0. The predicted molar refractivity (Wildman–Crippen MR) is 86.5 cm³/mol. The molecule has 0 heterocycles. The molecule has 1 aromatic rings. The van der Waals surface area contributed by atoms with Gasteiger partial charge in [-0.3, -0.25) is 0 Å². The minimum Gasteiger partial charge on any atom is -0.496 e. The Morgan fingerprint density at radius 1 is 1.00 bits per heavy atom. The van der Waals surface area contributed by atoms with Crippen molar-refractivity contribution in [1.29, 1.82) is 0 Å². The Labute approximate surface area is 133 Å². The average Bonchev–Trinajstić information content (AvgIpc) is 2.48. The lowest BCUT2D eigenvalue weighted by Crippen LogP contribution is -2.42. The van der Waals surface area contributed by atoms with Gasteiger partial charge in [-0.2, -0.15) is 0 Å². The van der Waals surface area contributed by atoms with E-state index in [0.29, 0.717) is 12.5 Å². The maximum Gasteiger partial charge on any atom is 0.725 e. The van der Waals surface area contributed by atoms with E-state index in [4.69, 9.17) is 37.3 Å². The van der Waals surface area contributed by atoms with Crippen molar-refractivity contribution in [2.75, 3.05) is 7.11 Å². The van der Waals surface area contributed by atoms with E-state index in [1.165, 1.54) is 0 Å². The molecule has 0 fully saturated rings. The summed E-state index contributed by atoms with van der Waals surface area (Å²) in [5, 5.41) is 0. The smallest absolute Gasteiger partial charge is 0.496 e. The van der Waals surface area contributed by atoms with E-state index < -0.39 is 8.80 Å². The van der Waals surface area contributed by atoms with Gasteiger partial charge in [0.15, 0.2) is 0 Å². The first-order valence-corrected chi connectivity index (χ1v) is 8.50. The molecule has 0 radical (unpaired) electrons. The first kappa shape index (κ1) is 17.4. The van der Waals surface area contributed by atoms with Crippen molar-refractivity contribution >= 4 is 8.80 Å². The van der Waals surface area contributed by atoms with Gasteiger partial charge in [0, 0.05) is 0 Å². The first-order chi connectivity index (χ1) is 10.5. The van der Waals surface area contributed by atoms with Crippen LogP contribution in [-0.2, 0) is 19.7 Å². The standard InChI is InChI=1S/C17H18O4Si/c1-7-19-22(20-8-2,21-9-3)13-12-16-14(4)10-11-17(18-6)15(16)5/h1-3,10-11H,12-13H2,4-6H3. The molecule has 1 aromatic carbocycles. The van der Waals surface area contributed by atoms with Crippen molar-refractivity contribution in [3.63, 3.8) is 0 Å². The number of methoxy groups -OCH3 is 1. The Kier molecular flexibility index (Phi) is 6.26. The zero-order chi connectivity index (χ0) is 16.6. The van der Waals surface area contributed by atoms with E-state index in [9.17, 15) is 0 Å². The third-order valence-corrected chi connectivity index (χ3v) is 5.48. The van der Waals surface area contributed by atoms with Crippen LogP contribution in [0.2, 0.25) is 6.04 Å². The third kappa shape index (κ3) is 3.91. The Hall–Kier alpha value is -2.68. The van der Waals surface area contributed by atoms with Gasteiger partial charge in [-0.1, -0.05) is 25.3 Å². The summed E-state index contributed by atoms with van der Waals surface area (Å²) in [5.74, 6) is 0.807. The maximum atomic E-state index is 5.34. The van der Waals surface area contributed by atoms with E-state index in [0.717, 1.165) is 22.4 Å². The third-order valence-electron chi connectivity index (χ3n) is 3.33. The molecule has 0 saturated heterocycles. The van der Waals surface area contributed by atoms with Gasteiger partial charge in [-0.25, -0.2) is 0 Å². The summed E-state index contributed by atoms with van der Waals surface area (Å²) >= 11 is 0. The summed E-state index contributed by atoms with van der Waals surface area (Å²) in [5.41, 5.74) is 3.24. The van der Waals surface area contributed by atoms with Crippen molar-refractivity contribution in [1.82, 2.24) is 0 Å². The first-order valence-electron chi connectivity index (χ1n) is 6.57. The van der Waals surface area contributed by atoms with Crippen LogP contribution in [0.15, 0.2) is 12.1 Å². The summed E-state index contributed by atoms with van der Waals surface area (Å²) in [6, 6.07) is 4.27. The Bertz CT molecular complexity index is 606. The topological polar surface area (TPSA) is 36.9 Å². The molecular formula is C17H18O4Si. The van der Waals surface area contributed by atoms with Gasteiger partial charge in [0.2, 0.25) is 0 Å². The highest BCUT2D eigenvalue weighted by Crippen LogP contribution is 2.27. The highest BCUT2D eigenvalue weighted by atomic mass is 28.4. The summed E-state index contributed by atoms with van der Waals surface area (Å²) in [7, 11) is -1.67. The Balaban J connectivity index is 3.06. The fraction of sp³-hybridized carbons (Fsp3) is 0.294. The normalized spacial score (nSPS) is 9.82. The summed E-state index contributed by atoms with van der Waals surface area (Å²) < 4.78 is 20.9. The van der Waals surface area contributed by atoms with Gasteiger partial charge in [-0.15, -0.1) is 0 Å². The number of ether oxygens (including phenoxy) is 1. The minimum absolute atomic E-state index is 0.362. The van der Waals surface area contributed by atoms with Crippen LogP contribution in [0.3, 0.4) is 0 Å². The van der Waals surface area contributed by atoms with E-state index in [1.54, 1.807) is 7.11 Å². The van der Waals surface area contributed by atoms with Crippen LogP contribution >= 0.6 is 0 Å². The summed E-state index contributed by atoms with van der Waals surface area (Å²) in [6.45, 7) is 3.99. The second kappa shape index (κ2) is 7.93. The fourth-order valence-electron chi connectivity index (χ4n) is 2.24. The van der Waals surface area contributed by atoms with Gasteiger partial charge in [0.05, 0.1) is 31.5 Å². The van der Waals surface area contributed by atoms with Gasteiger partial charge < -0.3 is 18.0 Å². The molecule has 114 valence electrons. The molecule has 0 unspecified atom stereocenters. The fourth-order valence-corrected chi connectivity index (χ4v) is 3.77. The minimum atomic E-state index is -3.30. The number of hydrogen-bond acceptors (Lipinski definition) is 4. The maximum absolute atomic E-state index is 5.34.